The van der Waals surface area contributed by atoms with Crippen molar-refractivity contribution < 1.29 is 9.90 Å². The average Bonchev–Trinajstić information content (AvgIpc) is 3.37. The quantitative estimate of drug-likeness (QED) is 0.741. The smallest absolute Gasteiger partial charge is 0.272 e. The first-order chi connectivity index (χ1) is 13.2. The van der Waals surface area contributed by atoms with Crippen molar-refractivity contribution in [3.05, 3.63) is 53.5 Å². The molecular weight excluding hydrogens is 342 g/mol. The maximum Gasteiger partial charge on any atom is 0.272 e. The summed E-state index contributed by atoms with van der Waals surface area (Å²) in [5.74, 6) is 0.134. The van der Waals surface area contributed by atoms with Gasteiger partial charge in [0.2, 0.25) is 0 Å². The van der Waals surface area contributed by atoms with E-state index in [0.717, 1.165) is 49.2 Å². The van der Waals surface area contributed by atoms with Crippen molar-refractivity contribution in [2.24, 2.45) is 0 Å². The van der Waals surface area contributed by atoms with Crippen LogP contribution in [-0.2, 0) is 19.6 Å². The van der Waals surface area contributed by atoms with E-state index >= 15 is 0 Å². The molecule has 3 heterocycles. The Balaban J connectivity index is 1.31. The zero-order valence-electron chi connectivity index (χ0n) is 14.9. The largest absolute Gasteiger partial charge is 0.506 e. The van der Waals surface area contributed by atoms with Crippen LogP contribution in [0.2, 0.25) is 0 Å². The van der Waals surface area contributed by atoms with Crippen molar-refractivity contribution in [3.63, 3.8) is 0 Å². The van der Waals surface area contributed by atoms with E-state index < -0.39 is 0 Å². The number of phenols is 1. The highest BCUT2D eigenvalue weighted by Gasteiger charge is 2.26. The maximum atomic E-state index is 12.2. The summed E-state index contributed by atoms with van der Waals surface area (Å²) in [6.07, 6.45) is 2.14. The number of phenolic OH excluding ortho intramolecular Hbond substituents is 1. The van der Waals surface area contributed by atoms with Gasteiger partial charge in [0.25, 0.3) is 5.91 Å². The van der Waals surface area contributed by atoms with Gasteiger partial charge in [-0.15, -0.1) is 0 Å². The Hall–Kier alpha value is -2.93. The first-order valence-corrected chi connectivity index (χ1v) is 9.33. The molecule has 1 amide bonds. The van der Waals surface area contributed by atoms with Crippen molar-refractivity contribution in [1.82, 2.24) is 25.0 Å². The predicted molar refractivity (Wildman–Crippen MR) is 100 cm³/mol. The number of hydrogen-bond acceptors (Lipinski definition) is 5. The van der Waals surface area contributed by atoms with E-state index in [4.69, 9.17) is 0 Å². The van der Waals surface area contributed by atoms with Crippen LogP contribution >= 0.6 is 0 Å². The molecule has 2 N–H and O–H groups in total. The van der Waals surface area contributed by atoms with Crippen molar-refractivity contribution in [2.75, 3.05) is 6.54 Å². The van der Waals surface area contributed by atoms with Crippen LogP contribution in [0, 0.1) is 0 Å². The number of aromatic hydroxyl groups is 1. The SMILES string of the molecule is O=C(NC1CC1)c1cc2n(n1)CCN(Cc1ccc3cccc(O)c3n1)C2. The zero-order chi connectivity index (χ0) is 18.4. The second kappa shape index (κ2) is 6.35. The number of benzene rings is 1. The fourth-order valence-corrected chi connectivity index (χ4v) is 3.54. The topological polar surface area (TPSA) is 83.3 Å². The molecule has 1 aliphatic heterocycles. The van der Waals surface area contributed by atoms with Gasteiger partial charge in [0.05, 0.1) is 17.9 Å². The number of carbonyl (C=O) groups excluding carboxylic acids is 1. The number of pyridine rings is 1. The lowest BCUT2D eigenvalue weighted by Crippen LogP contribution is -2.33. The summed E-state index contributed by atoms with van der Waals surface area (Å²) in [7, 11) is 0. The summed E-state index contributed by atoms with van der Waals surface area (Å²) in [5, 5.41) is 18.4. The molecule has 0 saturated heterocycles. The Kier molecular flexibility index (Phi) is 3.82. The van der Waals surface area contributed by atoms with Gasteiger partial charge in [0, 0.05) is 31.1 Å². The maximum absolute atomic E-state index is 12.2. The van der Waals surface area contributed by atoms with Crippen molar-refractivity contribution in [3.8, 4) is 5.75 Å². The molecule has 2 aliphatic rings. The number of nitrogens with zero attached hydrogens (tertiary/aromatic N) is 4. The highest BCUT2D eigenvalue weighted by Crippen LogP contribution is 2.24. The fraction of sp³-hybridized carbons (Fsp3) is 0.350. The van der Waals surface area contributed by atoms with Gasteiger partial charge in [-0.1, -0.05) is 18.2 Å². The van der Waals surface area contributed by atoms with Gasteiger partial charge in [-0.05, 0) is 31.0 Å². The standard InChI is InChI=1S/C20H21N5O2/c26-18-3-1-2-13-4-5-15(21-19(13)18)11-24-8-9-25-16(12-24)10-17(23-25)20(27)22-14-6-7-14/h1-5,10,14,26H,6-9,11-12H2,(H,22,27). The van der Waals surface area contributed by atoms with Crippen LogP contribution in [0.15, 0.2) is 36.4 Å². The number of carbonyl (C=O) groups is 1. The number of para-hydroxylation sites is 1. The first-order valence-electron chi connectivity index (χ1n) is 9.33. The molecule has 0 bridgehead atoms. The predicted octanol–water partition coefficient (Wildman–Crippen LogP) is 2.04. The summed E-state index contributed by atoms with van der Waals surface area (Å²) in [4.78, 5) is 19.1. The Morgan fingerprint density at radius 1 is 1.22 bits per heavy atom. The highest BCUT2D eigenvalue weighted by atomic mass is 16.3. The van der Waals surface area contributed by atoms with Crippen LogP contribution in [0.25, 0.3) is 10.9 Å². The third kappa shape index (κ3) is 3.26. The zero-order valence-corrected chi connectivity index (χ0v) is 14.9. The second-order valence-corrected chi connectivity index (χ2v) is 7.35. The van der Waals surface area contributed by atoms with E-state index in [9.17, 15) is 9.90 Å². The summed E-state index contributed by atoms with van der Waals surface area (Å²) >= 11 is 0. The molecule has 1 fully saturated rings. The van der Waals surface area contributed by atoms with Crippen molar-refractivity contribution >= 4 is 16.8 Å². The average molecular weight is 363 g/mol. The summed E-state index contributed by atoms with van der Waals surface area (Å²) < 4.78 is 1.93. The summed E-state index contributed by atoms with van der Waals surface area (Å²) in [6.45, 7) is 3.02. The van der Waals surface area contributed by atoms with Crippen LogP contribution in [0.4, 0.5) is 0 Å². The lowest BCUT2D eigenvalue weighted by Gasteiger charge is -2.27. The van der Waals surface area contributed by atoms with Gasteiger partial charge in [-0.25, -0.2) is 4.98 Å². The van der Waals surface area contributed by atoms with Crippen LogP contribution < -0.4 is 5.32 Å². The van der Waals surface area contributed by atoms with E-state index in [1.807, 2.05) is 35.0 Å². The van der Waals surface area contributed by atoms with Gasteiger partial charge in [-0.2, -0.15) is 5.10 Å². The fourth-order valence-electron chi connectivity index (χ4n) is 3.54. The number of fused-ring (bicyclic) bond motifs is 2. The molecule has 1 saturated carbocycles. The monoisotopic (exact) mass is 363 g/mol. The Bertz CT molecular complexity index is 1020. The van der Waals surface area contributed by atoms with Crippen molar-refractivity contribution in [2.45, 2.75) is 38.5 Å². The molecule has 7 nitrogen and oxygen atoms in total. The van der Waals surface area contributed by atoms with E-state index in [2.05, 4.69) is 20.3 Å². The molecule has 7 heteroatoms. The number of rotatable bonds is 4. The molecule has 2 aromatic heterocycles. The summed E-state index contributed by atoms with van der Waals surface area (Å²) in [5.41, 5.74) is 3.11. The van der Waals surface area contributed by atoms with E-state index in [1.165, 1.54) is 0 Å². The molecular formula is C20H21N5O2. The molecule has 3 aromatic rings. The molecule has 1 aromatic carbocycles. The molecule has 0 unspecified atom stereocenters. The van der Waals surface area contributed by atoms with Gasteiger partial charge in [-0.3, -0.25) is 14.4 Å². The lowest BCUT2D eigenvalue weighted by molar-refractivity contribution is 0.0945. The molecule has 27 heavy (non-hydrogen) atoms. The minimum Gasteiger partial charge on any atom is -0.506 e. The third-order valence-electron chi connectivity index (χ3n) is 5.16. The number of nitrogens with one attached hydrogen (secondary N) is 1. The number of amides is 1. The summed E-state index contributed by atoms with van der Waals surface area (Å²) in [6, 6.07) is 11.6. The van der Waals surface area contributed by atoms with Crippen LogP contribution in [0.3, 0.4) is 0 Å². The van der Waals surface area contributed by atoms with Gasteiger partial charge < -0.3 is 10.4 Å². The second-order valence-electron chi connectivity index (χ2n) is 7.35. The van der Waals surface area contributed by atoms with Crippen molar-refractivity contribution in [1.29, 1.82) is 0 Å². The van der Waals surface area contributed by atoms with Gasteiger partial charge in [0.1, 0.15) is 11.3 Å². The van der Waals surface area contributed by atoms with Crippen LogP contribution in [0.1, 0.15) is 34.7 Å². The number of hydrogen-bond donors (Lipinski definition) is 2. The highest BCUT2D eigenvalue weighted by molar-refractivity contribution is 5.92. The van der Waals surface area contributed by atoms with E-state index in [0.29, 0.717) is 23.8 Å². The minimum atomic E-state index is -0.0716. The third-order valence-corrected chi connectivity index (χ3v) is 5.16. The molecule has 0 atom stereocenters. The Morgan fingerprint density at radius 3 is 2.96 bits per heavy atom. The Labute approximate surface area is 156 Å². The molecule has 138 valence electrons. The lowest BCUT2D eigenvalue weighted by atomic mass is 10.2. The minimum absolute atomic E-state index is 0.0716. The van der Waals surface area contributed by atoms with Gasteiger partial charge in [0.15, 0.2) is 5.69 Å². The number of aromatic nitrogens is 3. The van der Waals surface area contributed by atoms with E-state index in [1.54, 1.807) is 6.07 Å². The molecule has 5 rings (SSSR count). The normalized spacial score (nSPS) is 17.0. The van der Waals surface area contributed by atoms with E-state index in [-0.39, 0.29) is 11.7 Å². The molecule has 1 aliphatic carbocycles. The molecule has 0 spiro atoms. The first kappa shape index (κ1) is 16.3. The van der Waals surface area contributed by atoms with Gasteiger partial charge >= 0.3 is 0 Å². The van der Waals surface area contributed by atoms with Crippen LogP contribution in [-0.4, -0.2) is 43.3 Å². The molecule has 0 radical (unpaired) electrons. The Morgan fingerprint density at radius 2 is 2.11 bits per heavy atom. The van der Waals surface area contributed by atoms with Crippen LogP contribution in [0.5, 0.6) is 5.75 Å².